The van der Waals surface area contributed by atoms with Crippen molar-refractivity contribution in [3.05, 3.63) is 36.0 Å². The third-order valence-corrected chi connectivity index (χ3v) is 4.16. The molecular formula is C18H24N6O. The number of nitrogens with zero attached hydrogens (tertiary/aromatic N) is 5. The Bertz CT molecular complexity index is 734. The number of carbonyl (C=O) groups excluding carboxylic acids is 1. The number of likely N-dealkylation sites (tertiary alicyclic amines) is 1. The van der Waals surface area contributed by atoms with Gasteiger partial charge >= 0.3 is 0 Å². The van der Waals surface area contributed by atoms with Crippen LogP contribution >= 0.6 is 0 Å². The normalized spacial score (nSPS) is 17.1. The van der Waals surface area contributed by atoms with Gasteiger partial charge in [-0.15, -0.1) is 0 Å². The zero-order chi connectivity index (χ0) is 17.8. The predicted molar refractivity (Wildman–Crippen MR) is 95.2 cm³/mol. The van der Waals surface area contributed by atoms with Gasteiger partial charge in [-0.1, -0.05) is 13.8 Å². The number of rotatable bonds is 5. The number of hydrogen-bond donors (Lipinski definition) is 1. The Morgan fingerprint density at radius 1 is 1.32 bits per heavy atom. The zero-order valence-electron chi connectivity index (χ0n) is 14.9. The van der Waals surface area contributed by atoms with E-state index in [4.69, 9.17) is 0 Å². The maximum Gasteiger partial charge on any atom is 0.228 e. The Morgan fingerprint density at radius 3 is 2.80 bits per heavy atom. The van der Waals surface area contributed by atoms with Gasteiger partial charge in [-0.05, 0) is 31.7 Å². The van der Waals surface area contributed by atoms with E-state index in [1.54, 1.807) is 18.5 Å². The van der Waals surface area contributed by atoms with Gasteiger partial charge in [0, 0.05) is 31.4 Å². The number of aryl methyl sites for hydroxylation is 1. The summed E-state index contributed by atoms with van der Waals surface area (Å²) >= 11 is 0. The summed E-state index contributed by atoms with van der Waals surface area (Å²) in [4.78, 5) is 31.8. The largest absolute Gasteiger partial charge is 0.334 e. The van der Waals surface area contributed by atoms with Crippen LogP contribution in [-0.4, -0.2) is 37.3 Å². The first kappa shape index (κ1) is 17.3. The molecule has 0 spiro atoms. The molecule has 2 aromatic rings. The summed E-state index contributed by atoms with van der Waals surface area (Å²) in [6, 6.07) is 3.68. The summed E-state index contributed by atoms with van der Waals surface area (Å²) in [5, 5.41) is 3.11. The van der Waals surface area contributed by atoms with Crippen molar-refractivity contribution in [2.45, 2.75) is 46.1 Å². The number of nitrogens with one attached hydrogen (secondary N) is 1. The van der Waals surface area contributed by atoms with Crippen molar-refractivity contribution in [3.63, 3.8) is 0 Å². The Balaban J connectivity index is 1.82. The molecule has 1 saturated heterocycles. The molecule has 25 heavy (non-hydrogen) atoms. The van der Waals surface area contributed by atoms with Crippen molar-refractivity contribution in [2.75, 3.05) is 11.9 Å². The van der Waals surface area contributed by atoms with Gasteiger partial charge < -0.3 is 10.2 Å². The summed E-state index contributed by atoms with van der Waals surface area (Å²) in [6.45, 7) is 6.79. The number of hydrogen-bond acceptors (Lipinski definition) is 6. The summed E-state index contributed by atoms with van der Waals surface area (Å²) in [7, 11) is 0. The van der Waals surface area contributed by atoms with Crippen LogP contribution in [0.15, 0.2) is 24.5 Å². The third-order valence-electron chi connectivity index (χ3n) is 4.16. The Hall–Kier alpha value is -2.57. The van der Waals surface area contributed by atoms with Crippen molar-refractivity contribution in [1.82, 2.24) is 24.8 Å². The van der Waals surface area contributed by atoms with Crippen LogP contribution in [0.3, 0.4) is 0 Å². The molecule has 3 rings (SSSR count). The quantitative estimate of drug-likeness (QED) is 0.900. The van der Waals surface area contributed by atoms with Gasteiger partial charge in [-0.3, -0.25) is 4.79 Å². The molecule has 1 aliphatic heterocycles. The fraction of sp³-hybridized carbons (Fsp3) is 0.500. The molecule has 132 valence electrons. The molecule has 0 radical (unpaired) electrons. The smallest absolute Gasteiger partial charge is 0.228 e. The van der Waals surface area contributed by atoms with Crippen LogP contribution in [0.4, 0.5) is 11.8 Å². The topological polar surface area (TPSA) is 83.9 Å². The fourth-order valence-corrected chi connectivity index (χ4v) is 3.14. The third kappa shape index (κ3) is 4.29. The molecule has 0 unspecified atom stereocenters. The zero-order valence-corrected chi connectivity index (χ0v) is 14.9. The van der Waals surface area contributed by atoms with Crippen LogP contribution in [-0.2, 0) is 4.79 Å². The van der Waals surface area contributed by atoms with Crippen molar-refractivity contribution in [2.24, 2.45) is 5.92 Å². The minimum atomic E-state index is 0.0187. The summed E-state index contributed by atoms with van der Waals surface area (Å²) in [5.41, 5.74) is 0.875. The SMILES string of the molecule is Cc1nc(Nc2ncccn2)cc([C@@H]2CCCN2C(=O)CC(C)C)n1. The molecule has 0 aromatic carbocycles. The minimum Gasteiger partial charge on any atom is -0.334 e. The van der Waals surface area contributed by atoms with Crippen LogP contribution in [0, 0.1) is 12.8 Å². The summed E-state index contributed by atoms with van der Waals surface area (Å²) < 4.78 is 0. The van der Waals surface area contributed by atoms with Gasteiger partial charge in [0.2, 0.25) is 11.9 Å². The van der Waals surface area contributed by atoms with Crippen molar-refractivity contribution in [1.29, 1.82) is 0 Å². The first-order valence-electron chi connectivity index (χ1n) is 8.72. The molecule has 1 amide bonds. The van der Waals surface area contributed by atoms with Gasteiger partial charge in [-0.2, -0.15) is 0 Å². The lowest BCUT2D eigenvalue weighted by Crippen LogP contribution is -2.31. The number of amides is 1. The molecule has 0 bridgehead atoms. The van der Waals surface area contributed by atoms with E-state index in [9.17, 15) is 4.79 Å². The number of aromatic nitrogens is 4. The molecule has 0 saturated carbocycles. The number of carbonyl (C=O) groups is 1. The maximum atomic E-state index is 12.5. The average Bonchev–Trinajstić information content (AvgIpc) is 3.04. The van der Waals surface area contributed by atoms with Crippen molar-refractivity contribution in [3.8, 4) is 0 Å². The van der Waals surface area contributed by atoms with Crippen molar-refractivity contribution >= 4 is 17.7 Å². The Kier molecular flexibility index (Phi) is 5.21. The average molecular weight is 340 g/mol. The van der Waals surface area contributed by atoms with Crippen LogP contribution < -0.4 is 5.32 Å². The van der Waals surface area contributed by atoms with E-state index in [0.29, 0.717) is 29.9 Å². The van der Waals surface area contributed by atoms with Gasteiger partial charge in [0.1, 0.15) is 11.6 Å². The highest BCUT2D eigenvalue weighted by atomic mass is 16.2. The molecule has 1 N–H and O–H groups in total. The monoisotopic (exact) mass is 340 g/mol. The molecule has 7 heteroatoms. The van der Waals surface area contributed by atoms with E-state index >= 15 is 0 Å². The second-order valence-corrected chi connectivity index (χ2v) is 6.77. The number of anilines is 2. The molecular weight excluding hydrogens is 316 g/mol. The molecule has 0 aliphatic carbocycles. The lowest BCUT2D eigenvalue weighted by atomic mass is 10.1. The fourth-order valence-electron chi connectivity index (χ4n) is 3.14. The van der Waals surface area contributed by atoms with E-state index in [2.05, 4.69) is 39.1 Å². The highest BCUT2D eigenvalue weighted by molar-refractivity contribution is 5.77. The van der Waals surface area contributed by atoms with Gasteiger partial charge in [0.15, 0.2) is 0 Å². The van der Waals surface area contributed by atoms with E-state index in [0.717, 1.165) is 25.1 Å². The van der Waals surface area contributed by atoms with E-state index in [1.807, 2.05) is 17.9 Å². The molecule has 2 aromatic heterocycles. The highest BCUT2D eigenvalue weighted by Crippen LogP contribution is 2.32. The molecule has 1 aliphatic rings. The second-order valence-electron chi connectivity index (χ2n) is 6.77. The first-order chi connectivity index (χ1) is 12.0. The van der Waals surface area contributed by atoms with Gasteiger partial charge in [0.25, 0.3) is 0 Å². The highest BCUT2D eigenvalue weighted by Gasteiger charge is 2.31. The standard InChI is InChI=1S/C18H24N6O/c1-12(2)10-17(25)24-9-4-6-15(24)14-11-16(22-13(3)21-14)23-18-19-7-5-8-20-18/h5,7-8,11-12,15H,4,6,9-10H2,1-3H3,(H,19,20,21,22,23)/t15-/m0/s1. The van der Waals surface area contributed by atoms with Gasteiger partial charge in [-0.25, -0.2) is 19.9 Å². The Morgan fingerprint density at radius 2 is 2.08 bits per heavy atom. The lowest BCUT2D eigenvalue weighted by Gasteiger charge is -2.25. The molecule has 7 nitrogen and oxygen atoms in total. The van der Waals surface area contributed by atoms with Crippen LogP contribution in [0.2, 0.25) is 0 Å². The van der Waals surface area contributed by atoms with Crippen molar-refractivity contribution < 1.29 is 4.79 Å². The summed E-state index contributed by atoms with van der Waals surface area (Å²) in [5.74, 6) is 2.37. The van der Waals surface area contributed by atoms with Crippen LogP contribution in [0.25, 0.3) is 0 Å². The molecule has 3 heterocycles. The maximum absolute atomic E-state index is 12.5. The van der Waals surface area contributed by atoms with Crippen LogP contribution in [0.5, 0.6) is 0 Å². The lowest BCUT2D eigenvalue weighted by molar-refractivity contribution is -0.133. The van der Waals surface area contributed by atoms with E-state index in [-0.39, 0.29) is 11.9 Å². The van der Waals surface area contributed by atoms with E-state index in [1.165, 1.54) is 0 Å². The summed E-state index contributed by atoms with van der Waals surface area (Å²) in [6.07, 6.45) is 5.86. The van der Waals surface area contributed by atoms with E-state index < -0.39 is 0 Å². The minimum absolute atomic E-state index is 0.0187. The van der Waals surface area contributed by atoms with Crippen LogP contribution in [0.1, 0.15) is 50.7 Å². The molecule has 1 atom stereocenters. The first-order valence-corrected chi connectivity index (χ1v) is 8.72. The molecule has 1 fully saturated rings. The predicted octanol–water partition coefficient (Wildman–Crippen LogP) is 3.03. The van der Waals surface area contributed by atoms with Gasteiger partial charge in [0.05, 0.1) is 11.7 Å². The second kappa shape index (κ2) is 7.55. The Labute approximate surface area is 147 Å².